The van der Waals surface area contributed by atoms with Crippen molar-refractivity contribution in [2.24, 2.45) is 5.92 Å². The molecule has 2 aromatic rings. The highest BCUT2D eigenvalue weighted by Crippen LogP contribution is 2.40. The van der Waals surface area contributed by atoms with Crippen LogP contribution in [0.25, 0.3) is 0 Å². The lowest BCUT2D eigenvalue weighted by atomic mass is 9.95. The summed E-state index contributed by atoms with van der Waals surface area (Å²) in [5.74, 6) is 1.89. The van der Waals surface area contributed by atoms with E-state index in [0.29, 0.717) is 24.9 Å². The SMILES string of the molecule is CON(C)C(=O)CC1CCC(c2cccc(OCc3ccccc3)c2)C1. The van der Waals surface area contributed by atoms with Gasteiger partial charge in [0.1, 0.15) is 12.4 Å². The summed E-state index contributed by atoms with van der Waals surface area (Å²) in [5, 5.41) is 1.32. The highest BCUT2D eigenvalue weighted by molar-refractivity contribution is 5.75. The number of hydrogen-bond acceptors (Lipinski definition) is 3. The first kappa shape index (κ1) is 18.5. The molecule has 1 aliphatic carbocycles. The number of amides is 1. The molecular weight excluding hydrogens is 326 g/mol. The first-order valence-electron chi connectivity index (χ1n) is 9.23. The fourth-order valence-corrected chi connectivity index (χ4v) is 3.64. The van der Waals surface area contributed by atoms with Crippen molar-refractivity contribution in [2.45, 2.75) is 38.2 Å². The molecule has 0 bridgehead atoms. The number of hydrogen-bond donors (Lipinski definition) is 0. The topological polar surface area (TPSA) is 38.8 Å². The van der Waals surface area contributed by atoms with E-state index in [2.05, 4.69) is 30.3 Å². The molecule has 2 aromatic carbocycles. The number of rotatable bonds is 7. The molecule has 1 aliphatic rings. The van der Waals surface area contributed by atoms with Crippen LogP contribution in [0.1, 0.15) is 42.7 Å². The number of hydroxylamine groups is 2. The number of ether oxygens (including phenoxy) is 1. The maximum absolute atomic E-state index is 12.0. The molecule has 0 saturated heterocycles. The van der Waals surface area contributed by atoms with Crippen LogP contribution >= 0.6 is 0 Å². The van der Waals surface area contributed by atoms with Crippen LogP contribution in [0.15, 0.2) is 54.6 Å². The molecule has 0 radical (unpaired) electrons. The molecule has 0 N–H and O–H groups in total. The highest BCUT2D eigenvalue weighted by atomic mass is 16.7. The van der Waals surface area contributed by atoms with Crippen LogP contribution in [0.2, 0.25) is 0 Å². The second-order valence-electron chi connectivity index (χ2n) is 7.00. The van der Waals surface area contributed by atoms with Gasteiger partial charge in [-0.15, -0.1) is 0 Å². The Balaban J connectivity index is 1.56. The Bertz CT molecular complexity index is 716. The van der Waals surface area contributed by atoms with E-state index in [1.54, 1.807) is 7.05 Å². The lowest BCUT2D eigenvalue weighted by molar-refractivity contribution is -0.169. The van der Waals surface area contributed by atoms with E-state index in [1.165, 1.54) is 23.3 Å². The molecule has 0 spiro atoms. The molecule has 3 rings (SSSR count). The Kier molecular flexibility index (Phi) is 6.29. The number of carbonyl (C=O) groups is 1. The van der Waals surface area contributed by atoms with Gasteiger partial charge in [0, 0.05) is 13.5 Å². The summed E-state index contributed by atoms with van der Waals surface area (Å²) < 4.78 is 5.95. The van der Waals surface area contributed by atoms with Crippen molar-refractivity contribution in [3.8, 4) is 5.75 Å². The van der Waals surface area contributed by atoms with Crippen LogP contribution in [0.5, 0.6) is 5.75 Å². The van der Waals surface area contributed by atoms with Crippen molar-refractivity contribution >= 4 is 5.91 Å². The summed E-state index contributed by atoms with van der Waals surface area (Å²) in [5.41, 5.74) is 2.48. The lowest BCUT2D eigenvalue weighted by Crippen LogP contribution is -2.26. The van der Waals surface area contributed by atoms with Gasteiger partial charge in [-0.05, 0) is 54.4 Å². The molecule has 0 heterocycles. The first-order chi connectivity index (χ1) is 12.7. The Morgan fingerprint density at radius 3 is 2.69 bits per heavy atom. The molecule has 26 heavy (non-hydrogen) atoms. The van der Waals surface area contributed by atoms with Gasteiger partial charge in [0.25, 0.3) is 0 Å². The van der Waals surface area contributed by atoms with E-state index < -0.39 is 0 Å². The van der Waals surface area contributed by atoms with E-state index in [1.807, 2.05) is 24.3 Å². The largest absolute Gasteiger partial charge is 0.489 e. The maximum atomic E-state index is 12.0. The number of benzene rings is 2. The van der Waals surface area contributed by atoms with Crippen molar-refractivity contribution in [1.29, 1.82) is 0 Å². The summed E-state index contributed by atoms with van der Waals surface area (Å²) in [6, 6.07) is 18.6. The predicted molar refractivity (Wildman–Crippen MR) is 102 cm³/mol. The zero-order valence-corrected chi connectivity index (χ0v) is 15.6. The fraction of sp³-hybridized carbons (Fsp3) is 0.409. The van der Waals surface area contributed by atoms with E-state index in [9.17, 15) is 4.79 Å². The van der Waals surface area contributed by atoms with Crippen LogP contribution in [0.3, 0.4) is 0 Å². The Hall–Kier alpha value is -2.33. The Morgan fingerprint density at radius 1 is 1.12 bits per heavy atom. The van der Waals surface area contributed by atoms with E-state index >= 15 is 0 Å². The van der Waals surface area contributed by atoms with Gasteiger partial charge in [-0.3, -0.25) is 9.63 Å². The number of carbonyl (C=O) groups excluding carboxylic acids is 1. The minimum atomic E-state index is 0.0538. The third kappa shape index (κ3) is 4.85. The predicted octanol–water partition coefficient (Wildman–Crippen LogP) is 4.56. The minimum absolute atomic E-state index is 0.0538. The molecule has 138 valence electrons. The van der Waals surface area contributed by atoms with Crippen molar-refractivity contribution < 1.29 is 14.4 Å². The van der Waals surface area contributed by atoms with Gasteiger partial charge >= 0.3 is 0 Å². The van der Waals surface area contributed by atoms with E-state index in [-0.39, 0.29) is 5.91 Å². The minimum Gasteiger partial charge on any atom is -0.489 e. The molecule has 0 aromatic heterocycles. The van der Waals surface area contributed by atoms with Crippen molar-refractivity contribution in [3.63, 3.8) is 0 Å². The van der Waals surface area contributed by atoms with Gasteiger partial charge in [0.2, 0.25) is 5.91 Å². The summed E-state index contributed by atoms with van der Waals surface area (Å²) >= 11 is 0. The Labute approximate surface area is 155 Å². The monoisotopic (exact) mass is 353 g/mol. The molecule has 2 unspecified atom stereocenters. The second kappa shape index (κ2) is 8.86. The zero-order valence-electron chi connectivity index (χ0n) is 15.6. The van der Waals surface area contributed by atoms with Crippen molar-refractivity contribution in [2.75, 3.05) is 14.2 Å². The van der Waals surface area contributed by atoms with Crippen LogP contribution in [-0.4, -0.2) is 25.1 Å². The highest BCUT2D eigenvalue weighted by Gasteiger charge is 2.28. The van der Waals surface area contributed by atoms with Crippen LogP contribution in [0, 0.1) is 5.92 Å². The third-order valence-corrected chi connectivity index (χ3v) is 5.21. The molecule has 1 saturated carbocycles. The normalized spacial score (nSPS) is 19.3. The average molecular weight is 353 g/mol. The van der Waals surface area contributed by atoms with Gasteiger partial charge in [0.15, 0.2) is 0 Å². The average Bonchev–Trinajstić information content (AvgIpc) is 3.15. The third-order valence-electron chi connectivity index (χ3n) is 5.21. The van der Waals surface area contributed by atoms with E-state index in [4.69, 9.17) is 9.57 Å². The fourth-order valence-electron chi connectivity index (χ4n) is 3.64. The van der Waals surface area contributed by atoms with E-state index in [0.717, 1.165) is 25.0 Å². The molecule has 0 aliphatic heterocycles. The molecule has 1 fully saturated rings. The zero-order chi connectivity index (χ0) is 18.4. The maximum Gasteiger partial charge on any atom is 0.246 e. The molecule has 1 amide bonds. The van der Waals surface area contributed by atoms with Gasteiger partial charge in [-0.1, -0.05) is 42.5 Å². The van der Waals surface area contributed by atoms with Crippen LogP contribution in [-0.2, 0) is 16.2 Å². The first-order valence-corrected chi connectivity index (χ1v) is 9.23. The van der Waals surface area contributed by atoms with Gasteiger partial charge in [-0.2, -0.15) is 0 Å². The van der Waals surface area contributed by atoms with Gasteiger partial charge in [0.05, 0.1) is 7.11 Å². The van der Waals surface area contributed by atoms with Gasteiger partial charge in [-0.25, -0.2) is 5.06 Å². The summed E-state index contributed by atoms with van der Waals surface area (Å²) in [6.45, 7) is 0.579. The van der Waals surface area contributed by atoms with Crippen molar-refractivity contribution in [1.82, 2.24) is 5.06 Å². The Morgan fingerprint density at radius 2 is 1.92 bits per heavy atom. The second-order valence-corrected chi connectivity index (χ2v) is 7.00. The summed E-state index contributed by atoms with van der Waals surface area (Å²) in [4.78, 5) is 17.0. The number of nitrogens with zero attached hydrogens (tertiary/aromatic N) is 1. The summed E-state index contributed by atoms with van der Waals surface area (Å²) in [7, 11) is 3.19. The molecule has 4 heteroatoms. The lowest BCUT2D eigenvalue weighted by Gasteiger charge is -2.17. The van der Waals surface area contributed by atoms with Crippen molar-refractivity contribution in [3.05, 3.63) is 65.7 Å². The molecule has 2 atom stereocenters. The standard InChI is InChI=1S/C22H27NO3/c1-23(25-2)22(24)14-18-11-12-20(13-18)19-9-6-10-21(15-19)26-16-17-7-4-3-5-8-17/h3-10,15,18,20H,11-14,16H2,1-2H3. The van der Waals surface area contributed by atoms with Gasteiger partial charge < -0.3 is 4.74 Å². The molecular formula is C22H27NO3. The smallest absolute Gasteiger partial charge is 0.246 e. The van der Waals surface area contributed by atoms with Crippen LogP contribution in [0.4, 0.5) is 0 Å². The quantitative estimate of drug-likeness (QED) is 0.685. The summed E-state index contributed by atoms with van der Waals surface area (Å²) in [6.07, 6.45) is 3.82. The van der Waals surface area contributed by atoms with Crippen LogP contribution < -0.4 is 4.74 Å². The molecule has 4 nitrogen and oxygen atoms in total.